The highest BCUT2D eigenvalue weighted by Gasteiger charge is 2.42. The summed E-state index contributed by atoms with van der Waals surface area (Å²) < 4.78 is 26.7. The van der Waals surface area contributed by atoms with Crippen LogP contribution in [0.5, 0.6) is 0 Å². The van der Waals surface area contributed by atoms with Gasteiger partial charge in [0, 0.05) is 13.3 Å². The van der Waals surface area contributed by atoms with E-state index in [2.05, 4.69) is 6.92 Å². The molecule has 136 valence electrons. The van der Waals surface area contributed by atoms with Gasteiger partial charge < -0.3 is 29.1 Å². The summed E-state index contributed by atoms with van der Waals surface area (Å²) in [4.78, 5) is 14.5. The second-order valence-corrected chi connectivity index (χ2v) is 7.33. The summed E-state index contributed by atoms with van der Waals surface area (Å²) in [6.07, 6.45) is -1.43. The average Bonchev–Trinajstić information content (AvgIpc) is 2.47. The summed E-state index contributed by atoms with van der Waals surface area (Å²) in [5, 5.41) is 21.2. The van der Waals surface area contributed by atoms with Crippen molar-refractivity contribution < 1.29 is 38.5 Å². The van der Waals surface area contributed by atoms with Gasteiger partial charge in [-0.25, -0.2) is 0 Å². The molecule has 1 fully saturated rings. The molecule has 23 heavy (non-hydrogen) atoms. The van der Waals surface area contributed by atoms with Crippen LogP contribution in [0.25, 0.3) is 0 Å². The molecule has 0 aromatic heterocycles. The Hall–Kier alpha value is -0.0251. The fraction of sp³-hybridized carbons (Fsp3) is 1.00. The van der Waals surface area contributed by atoms with Gasteiger partial charge in [0.15, 0.2) is 12.5 Å². The number of hydroxylamine groups is 2. The van der Waals surface area contributed by atoms with E-state index in [4.69, 9.17) is 23.7 Å². The number of hydrogen-bond acceptors (Lipinski definition) is 8. The quantitative estimate of drug-likeness (QED) is 0.254. The number of rotatable bonds is 10. The maximum atomic E-state index is 11.2. The maximum Gasteiger partial charge on any atom is 0.325 e. The first-order valence-electron chi connectivity index (χ1n) is 7.71. The molecule has 9 nitrogen and oxygen atoms in total. The predicted molar refractivity (Wildman–Crippen MR) is 84.4 cm³/mol. The Morgan fingerprint density at radius 3 is 2.57 bits per heavy atom. The number of hydrogen-bond donors (Lipinski definition) is 3. The molecule has 0 aliphatic carbocycles. The lowest BCUT2D eigenvalue weighted by atomic mass is 9.96. The van der Waals surface area contributed by atoms with Crippen molar-refractivity contribution in [1.29, 1.82) is 0 Å². The summed E-state index contributed by atoms with van der Waals surface area (Å²) in [7, 11) is -2.08. The number of nitrogens with zero attached hydrogens (tertiary/aromatic N) is 1. The highest BCUT2D eigenvalue weighted by atomic mass is 31.2. The highest BCUT2D eigenvalue weighted by molar-refractivity contribution is 7.51. The maximum absolute atomic E-state index is 11.2. The number of aliphatic hydroxyl groups excluding tert-OH is 2. The normalized spacial score (nSPS) is 31.9. The summed E-state index contributed by atoms with van der Waals surface area (Å²) in [6, 6.07) is -0.664. The van der Waals surface area contributed by atoms with Crippen LogP contribution >= 0.6 is 7.60 Å². The molecule has 0 saturated carbocycles. The zero-order valence-corrected chi connectivity index (χ0v) is 14.7. The van der Waals surface area contributed by atoms with Gasteiger partial charge in [-0.3, -0.25) is 9.40 Å². The first-order valence-corrected chi connectivity index (χ1v) is 9.74. The van der Waals surface area contributed by atoms with Gasteiger partial charge in [-0.2, -0.15) is 0 Å². The van der Waals surface area contributed by atoms with Crippen molar-refractivity contribution in [1.82, 2.24) is 5.06 Å². The molecule has 1 rings (SSSR count). The van der Waals surface area contributed by atoms with Gasteiger partial charge in [-0.1, -0.05) is 13.3 Å². The molecule has 1 aliphatic heterocycles. The van der Waals surface area contributed by atoms with Crippen molar-refractivity contribution >= 4 is 15.4 Å². The van der Waals surface area contributed by atoms with Gasteiger partial charge in [0.05, 0.1) is 25.8 Å². The van der Waals surface area contributed by atoms with E-state index in [9.17, 15) is 14.8 Å². The first-order chi connectivity index (χ1) is 10.8. The van der Waals surface area contributed by atoms with Crippen LogP contribution in [0.15, 0.2) is 0 Å². The van der Waals surface area contributed by atoms with Gasteiger partial charge in [0.2, 0.25) is 0 Å². The largest absolute Gasteiger partial charge is 0.379 e. The lowest BCUT2D eigenvalue weighted by Crippen LogP contribution is -2.62. The van der Waals surface area contributed by atoms with E-state index in [0.29, 0.717) is 13.2 Å². The molecule has 0 bridgehead atoms. The molecule has 5 unspecified atom stereocenters. The van der Waals surface area contributed by atoms with Crippen LogP contribution in [0.4, 0.5) is 0 Å². The SMILES string of the molecule is BC1OC(COP(C)(=O)O)C(O)N(OCCOCCCC)C1O. The molecule has 0 radical (unpaired) electrons. The Balaban J connectivity index is 2.46. The van der Waals surface area contributed by atoms with Crippen LogP contribution in [0.1, 0.15) is 19.8 Å². The van der Waals surface area contributed by atoms with Crippen LogP contribution in [0, 0.1) is 0 Å². The van der Waals surface area contributed by atoms with Crippen LogP contribution < -0.4 is 0 Å². The minimum atomic E-state index is -3.68. The monoisotopic (exact) mass is 355 g/mol. The third kappa shape index (κ3) is 7.60. The Labute approximate surface area is 137 Å². The molecule has 0 aromatic rings. The van der Waals surface area contributed by atoms with E-state index in [0.717, 1.165) is 24.6 Å². The number of unbranched alkanes of at least 4 members (excludes halogenated alkanes) is 1. The zero-order chi connectivity index (χ0) is 17.5. The molecule has 5 atom stereocenters. The molecule has 0 spiro atoms. The molecule has 0 aromatic carbocycles. The number of aliphatic hydroxyl groups is 2. The van der Waals surface area contributed by atoms with Crippen molar-refractivity contribution in [2.75, 3.05) is 33.1 Å². The Morgan fingerprint density at radius 2 is 1.96 bits per heavy atom. The topological polar surface area (TPSA) is 118 Å². The van der Waals surface area contributed by atoms with Crippen LogP contribution in [-0.4, -0.2) is 85.7 Å². The number of morpholine rings is 1. The smallest absolute Gasteiger partial charge is 0.325 e. The standard InChI is InChI=1S/C12H27BNO8P/c1-3-4-5-19-6-7-20-14-11(15)9(8-21-23(2,17)18)22-10(13)12(14)16/h9-12,15-16H,3-8,13H2,1-2H3,(H,17,18). The summed E-state index contributed by atoms with van der Waals surface area (Å²) in [5.41, 5.74) is 0. The van der Waals surface area contributed by atoms with E-state index in [1.54, 1.807) is 7.85 Å². The zero-order valence-electron chi connectivity index (χ0n) is 13.8. The first kappa shape index (κ1) is 21.0. The summed E-state index contributed by atoms with van der Waals surface area (Å²) in [6.45, 7) is 3.92. The predicted octanol–water partition coefficient (Wildman–Crippen LogP) is -1.14. The minimum Gasteiger partial charge on any atom is -0.379 e. The van der Waals surface area contributed by atoms with Crippen LogP contribution in [-0.2, 0) is 23.4 Å². The van der Waals surface area contributed by atoms with Crippen molar-refractivity contribution in [2.45, 2.75) is 44.3 Å². The third-order valence-corrected chi connectivity index (χ3v) is 3.88. The minimum absolute atomic E-state index is 0.157. The fourth-order valence-electron chi connectivity index (χ4n) is 1.98. The molecule has 11 heteroatoms. The lowest BCUT2D eigenvalue weighted by Gasteiger charge is -2.43. The van der Waals surface area contributed by atoms with Crippen LogP contribution in [0.2, 0.25) is 0 Å². The van der Waals surface area contributed by atoms with Crippen molar-refractivity contribution in [3.8, 4) is 0 Å². The fourth-order valence-corrected chi connectivity index (χ4v) is 2.41. The molecule has 0 amide bonds. The third-order valence-electron chi connectivity index (χ3n) is 3.25. The molecular weight excluding hydrogens is 328 g/mol. The molecular formula is C12H27BNO8P. The van der Waals surface area contributed by atoms with Gasteiger partial charge in [-0.15, -0.1) is 5.06 Å². The van der Waals surface area contributed by atoms with Crippen molar-refractivity contribution in [2.24, 2.45) is 0 Å². The van der Waals surface area contributed by atoms with Crippen LogP contribution in [0.3, 0.4) is 0 Å². The van der Waals surface area contributed by atoms with E-state index >= 15 is 0 Å². The van der Waals surface area contributed by atoms with Gasteiger partial charge in [-0.05, 0) is 6.42 Å². The second-order valence-electron chi connectivity index (χ2n) is 5.46. The molecule has 1 aliphatic rings. The summed E-state index contributed by atoms with van der Waals surface area (Å²) >= 11 is 0. The van der Waals surface area contributed by atoms with Gasteiger partial charge in [0.25, 0.3) is 0 Å². The Morgan fingerprint density at radius 1 is 1.26 bits per heavy atom. The second kappa shape index (κ2) is 10.1. The van der Waals surface area contributed by atoms with E-state index < -0.39 is 32.2 Å². The Kier molecular flexibility index (Phi) is 9.21. The molecule has 1 heterocycles. The molecule has 1 saturated heterocycles. The highest BCUT2D eigenvalue weighted by Crippen LogP contribution is 2.37. The van der Waals surface area contributed by atoms with Gasteiger partial charge >= 0.3 is 7.60 Å². The van der Waals surface area contributed by atoms with Crippen molar-refractivity contribution in [3.63, 3.8) is 0 Å². The number of ether oxygens (including phenoxy) is 2. The van der Waals surface area contributed by atoms with E-state index in [-0.39, 0.29) is 13.2 Å². The summed E-state index contributed by atoms with van der Waals surface area (Å²) in [5.74, 6) is 0. The molecule has 3 N–H and O–H groups in total. The average molecular weight is 355 g/mol. The van der Waals surface area contributed by atoms with Gasteiger partial charge in [0.1, 0.15) is 14.0 Å². The lowest BCUT2D eigenvalue weighted by molar-refractivity contribution is -0.368. The van der Waals surface area contributed by atoms with Crippen molar-refractivity contribution in [3.05, 3.63) is 0 Å². The van der Waals surface area contributed by atoms with E-state index in [1.807, 2.05) is 0 Å². The van der Waals surface area contributed by atoms with E-state index in [1.165, 1.54) is 0 Å². The Bertz CT molecular complexity index is 384.